The van der Waals surface area contributed by atoms with Crippen LogP contribution >= 0.6 is 15.9 Å². The van der Waals surface area contributed by atoms with Crippen molar-refractivity contribution in [3.8, 4) is 11.3 Å². The van der Waals surface area contributed by atoms with Crippen molar-refractivity contribution in [2.45, 2.75) is 0 Å². The van der Waals surface area contributed by atoms with Crippen LogP contribution in [-0.4, -0.2) is 21.3 Å². The van der Waals surface area contributed by atoms with Crippen molar-refractivity contribution < 1.29 is 14.3 Å². The highest BCUT2D eigenvalue weighted by Gasteiger charge is 2.10. The summed E-state index contributed by atoms with van der Waals surface area (Å²) in [5.74, 6) is -1.46. The topological polar surface area (TPSA) is 66.0 Å². The summed E-state index contributed by atoms with van der Waals surface area (Å²) >= 11 is 3.05. The van der Waals surface area contributed by atoms with Crippen molar-refractivity contribution in [2.24, 2.45) is 0 Å². The van der Waals surface area contributed by atoms with Gasteiger partial charge in [0.05, 0.1) is 10.2 Å². The molecule has 0 saturated heterocycles. The molecule has 0 amide bonds. The molecular weight excluding hydrogens is 279 g/mol. The second-order valence-electron chi connectivity index (χ2n) is 3.10. The third kappa shape index (κ3) is 1.96. The second-order valence-corrected chi connectivity index (χ2v) is 3.96. The fraction of sp³-hybridized carbons (Fsp3) is 0. The van der Waals surface area contributed by atoms with Gasteiger partial charge >= 0.3 is 5.97 Å². The monoisotopic (exact) mass is 284 g/mol. The lowest BCUT2D eigenvalue weighted by atomic mass is 10.1. The number of nitrogens with one attached hydrogen (secondary N) is 1. The molecule has 0 aliphatic carbocycles. The molecule has 2 aromatic rings. The van der Waals surface area contributed by atoms with Gasteiger partial charge < -0.3 is 5.11 Å². The molecule has 0 bridgehead atoms. The lowest BCUT2D eigenvalue weighted by Gasteiger charge is -1.98. The number of aromatic carboxylic acids is 1. The normalized spacial score (nSPS) is 10.4. The quantitative estimate of drug-likeness (QED) is 0.891. The molecule has 0 radical (unpaired) electrons. The summed E-state index contributed by atoms with van der Waals surface area (Å²) in [6.07, 6.45) is 0. The first-order valence-electron chi connectivity index (χ1n) is 4.32. The Balaban J connectivity index is 2.42. The highest BCUT2D eigenvalue weighted by atomic mass is 79.9. The van der Waals surface area contributed by atoms with E-state index in [-0.39, 0.29) is 11.5 Å². The third-order valence-corrected chi connectivity index (χ3v) is 2.63. The molecule has 0 unspecified atom stereocenters. The first-order chi connectivity index (χ1) is 7.58. The summed E-state index contributed by atoms with van der Waals surface area (Å²) in [4.78, 5) is 10.6. The Morgan fingerprint density at radius 2 is 2.19 bits per heavy atom. The van der Waals surface area contributed by atoms with Crippen molar-refractivity contribution in [3.05, 3.63) is 40.2 Å². The van der Waals surface area contributed by atoms with E-state index in [1.165, 1.54) is 24.3 Å². The van der Waals surface area contributed by atoms with Crippen molar-refractivity contribution in [1.82, 2.24) is 10.2 Å². The molecule has 1 aromatic carbocycles. The number of carboxylic acid groups (broad SMARTS) is 1. The molecule has 2 N–H and O–H groups in total. The lowest BCUT2D eigenvalue weighted by Crippen LogP contribution is -1.95. The summed E-state index contributed by atoms with van der Waals surface area (Å²) < 4.78 is 13.3. The molecular formula is C10H6BrFN2O2. The number of aromatic amines is 1. The van der Waals surface area contributed by atoms with E-state index in [1.807, 2.05) is 0 Å². The number of hydrogen-bond donors (Lipinski definition) is 2. The van der Waals surface area contributed by atoms with Gasteiger partial charge in [0.1, 0.15) is 11.5 Å². The van der Waals surface area contributed by atoms with Crippen molar-refractivity contribution in [1.29, 1.82) is 0 Å². The molecule has 16 heavy (non-hydrogen) atoms. The van der Waals surface area contributed by atoms with E-state index in [2.05, 4.69) is 26.1 Å². The van der Waals surface area contributed by atoms with Gasteiger partial charge in [0.2, 0.25) is 0 Å². The number of benzene rings is 1. The summed E-state index contributed by atoms with van der Waals surface area (Å²) in [6, 6.07) is 5.75. The SMILES string of the molecule is O=C(O)c1cc(-c2ccc(F)c(Br)c2)n[nH]1. The van der Waals surface area contributed by atoms with Gasteiger partial charge in [-0.05, 0) is 40.2 Å². The smallest absolute Gasteiger partial charge is 0.353 e. The van der Waals surface area contributed by atoms with Crippen LogP contribution in [0.5, 0.6) is 0 Å². The van der Waals surface area contributed by atoms with E-state index in [1.54, 1.807) is 0 Å². The number of halogens is 2. The maximum Gasteiger partial charge on any atom is 0.353 e. The van der Waals surface area contributed by atoms with Gasteiger partial charge in [0.15, 0.2) is 0 Å². The molecule has 1 heterocycles. The Kier molecular flexibility index (Phi) is 2.74. The van der Waals surface area contributed by atoms with Crippen LogP contribution in [0.15, 0.2) is 28.7 Å². The number of hydrogen-bond acceptors (Lipinski definition) is 2. The van der Waals surface area contributed by atoms with Gasteiger partial charge in [0, 0.05) is 5.56 Å². The zero-order chi connectivity index (χ0) is 11.7. The van der Waals surface area contributed by atoms with Gasteiger partial charge in [-0.1, -0.05) is 0 Å². The highest BCUT2D eigenvalue weighted by Crippen LogP contribution is 2.24. The number of H-pyrrole nitrogens is 1. The van der Waals surface area contributed by atoms with Crippen molar-refractivity contribution in [3.63, 3.8) is 0 Å². The van der Waals surface area contributed by atoms with Crippen LogP contribution < -0.4 is 0 Å². The molecule has 0 spiro atoms. The number of rotatable bonds is 2. The van der Waals surface area contributed by atoms with Gasteiger partial charge in [-0.3, -0.25) is 5.10 Å². The van der Waals surface area contributed by atoms with Gasteiger partial charge in [-0.15, -0.1) is 0 Å². The number of aromatic nitrogens is 2. The van der Waals surface area contributed by atoms with E-state index in [9.17, 15) is 9.18 Å². The van der Waals surface area contributed by atoms with Crippen molar-refractivity contribution in [2.75, 3.05) is 0 Å². The van der Waals surface area contributed by atoms with Crippen LogP contribution in [0.2, 0.25) is 0 Å². The minimum absolute atomic E-state index is 0.00422. The fourth-order valence-electron chi connectivity index (χ4n) is 1.23. The van der Waals surface area contributed by atoms with Crippen LogP contribution in [0, 0.1) is 5.82 Å². The van der Waals surface area contributed by atoms with Crippen LogP contribution in [0.4, 0.5) is 4.39 Å². The average molecular weight is 285 g/mol. The first kappa shape index (κ1) is 10.8. The minimum atomic E-state index is -1.08. The molecule has 6 heteroatoms. The molecule has 2 rings (SSSR count). The maximum atomic E-state index is 13.0. The second kappa shape index (κ2) is 4.05. The molecule has 4 nitrogen and oxygen atoms in total. The molecule has 82 valence electrons. The van der Waals surface area contributed by atoms with E-state index in [0.717, 1.165) is 0 Å². The van der Waals surface area contributed by atoms with E-state index >= 15 is 0 Å². The molecule has 0 fully saturated rings. The van der Waals surface area contributed by atoms with Crippen LogP contribution in [0.1, 0.15) is 10.5 Å². The predicted octanol–water partition coefficient (Wildman–Crippen LogP) is 2.68. The molecule has 1 aromatic heterocycles. The lowest BCUT2D eigenvalue weighted by molar-refractivity contribution is 0.0690. The molecule has 0 aliphatic rings. The molecule has 0 atom stereocenters. The van der Waals surface area contributed by atoms with Crippen LogP contribution in [-0.2, 0) is 0 Å². The molecule has 0 saturated carbocycles. The predicted molar refractivity (Wildman–Crippen MR) is 58.6 cm³/mol. The minimum Gasteiger partial charge on any atom is -0.477 e. The molecule has 0 aliphatic heterocycles. The zero-order valence-electron chi connectivity index (χ0n) is 7.87. The third-order valence-electron chi connectivity index (χ3n) is 2.02. The summed E-state index contributed by atoms with van der Waals surface area (Å²) in [5.41, 5.74) is 1.09. The van der Waals surface area contributed by atoms with Crippen molar-refractivity contribution >= 4 is 21.9 Å². The van der Waals surface area contributed by atoms with E-state index in [4.69, 9.17) is 5.11 Å². The first-order valence-corrected chi connectivity index (χ1v) is 5.11. The van der Waals surface area contributed by atoms with Crippen LogP contribution in [0.25, 0.3) is 11.3 Å². The van der Waals surface area contributed by atoms with E-state index in [0.29, 0.717) is 15.7 Å². The summed E-state index contributed by atoms with van der Waals surface area (Å²) in [7, 11) is 0. The van der Waals surface area contributed by atoms with E-state index < -0.39 is 5.97 Å². The summed E-state index contributed by atoms with van der Waals surface area (Å²) in [5, 5.41) is 14.9. The highest BCUT2D eigenvalue weighted by molar-refractivity contribution is 9.10. The Morgan fingerprint density at radius 3 is 2.75 bits per heavy atom. The largest absolute Gasteiger partial charge is 0.477 e. The number of carboxylic acids is 1. The van der Waals surface area contributed by atoms with Gasteiger partial charge in [0.25, 0.3) is 0 Å². The Hall–Kier alpha value is -1.69. The summed E-state index contributed by atoms with van der Waals surface area (Å²) in [6.45, 7) is 0. The maximum absolute atomic E-state index is 13.0. The Labute approximate surface area is 98.2 Å². The standard InChI is InChI=1S/C10H6BrFN2O2/c11-6-3-5(1-2-7(6)12)8-4-9(10(15)16)14-13-8/h1-4H,(H,13,14)(H,15,16). The van der Waals surface area contributed by atoms with Crippen LogP contribution in [0.3, 0.4) is 0 Å². The van der Waals surface area contributed by atoms with Gasteiger partial charge in [-0.2, -0.15) is 5.10 Å². The average Bonchev–Trinajstić information content (AvgIpc) is 2.71. The van der Waals surface area contributed by atoms with Gasteiger partial charge in [-0.25, -0.2) is 9.18 Å². The number of nitrogens with zero attached hydrogens (tertiary/aromatic N) is 1. The fourth-order valence-corrected chi connectivity index (χ4v) is 1.61. The number of carbonyl (C=O) groups is 1. The zero-order valence-corrected chi connectivity index (χ0v) is 9.45. The Bertz CT molecular complexity index is 554. The Morgan fingerprint density at radius 1 is 1.44 bits per heavy atom.